The highest BCUT2D eigenvalue weighted by Crippen LogP contribution is 2.28. The maximum Gasteiger partial charge on any atom is 0.161 e. The number of hydrogen-bond donors (Lipinski definition) is 1. The smallest absolute Gasteiger partial charge is 0.161 e. The van der Waals surface area contributed by atoms with Gasteiger partial charge in [0.05, 0.1) is 11.8 Å². The molecule has 0 radical (unpaired) electrons. The third-order valence-corrected chi connectivity index (χ3v) is 3.60. The van der Waals surface area contributed by atoms with Crippen molar-refractivity contribution in [2.75, 3.05) is 11.4 Å². The molecule has 92 valence electrons. The Hall–Kier alpha value is -1.23. The number of piperidine rings is 1. The molecule has 2 N–H and O–H groups in total. The van der Waals surface area contributed by atoms with Crippen molar-refractivity contribution in [3.05, 3.63) is 17.8 Å². The highest BCUT2D eigenvalue weighted by molar-refractivity contribution is 7.80. The van der Waals surface area contributed by atoms with E-state index in [9.17, 15) is 0 Å². The number of hydrogen-bond acceptors (Lipinski definition) is 4. The molecule has 2 heterocycles. The van der Waals surface area contributed by atoms with E-state index in [1.165, 1.54) is 12.8 Å². The van der Waals surface area contributed by atoms with Crippen LogP contribution in [-0.2, 0) is 0 Å². The van der Waals surface area contributed by atoms with Crippen molar-refractivity contribution in [3.63, 3.8) is 0 Å². The lowest BCUT2D eigenvalue weighted by atomic mass is 9.93. The van der Waals surface area contributed by atoms with E-state index in [4.69, 9.17) is 18.0 Å². The van der Waals surface area contributed by atoms with Crippen molar-refractivity contribution in [2.24, 2.45) is 11.7 Å². The molecule has 0 saturated carbocycles. The quantitative estimate of drug-likeness (QED) is 0.810. The minimum Gasteiger partial charge on any atom is -0.389 e. The van der Waals surface area contributed by atoms with Gasteiger partial charge in [-0.3, -0.25) is 0 Å². The van der Waals surface area contributed by atoms with Crippen LogP contribution in [0, 0.1) is 5.92 Å². The minimum absolute atomic E-state index is 0.390. The summed E-state index contributed by atoms with van der Waals surface area (Å²) in [5.74, 6) is 1.60. The van der Waals surface area contributed by atoms with Crippen molar-refractivity contribution in [1.29, 1.82) is 0 Å². The average Bonchev–Trinajstić information content (AvgIpc) is 2.29. The molecule has 2 unspecified atom stereocenters. The lowest BCUT2D eigenvalue weighted by Crippen LogP contribution is -2.41. The van der Waals surface area contributed by atoms with Gasteiger partial charge >= 0.3 is 0 Å². The number of aromatic nitrogens is 2. The molecule has 1 aliphatic rings. The van der Waals surface area contributed by atoms with Crippen LogP contribution in [0.25, 0.3) is 0 Å². The summed E-state index contributed by atoms with van der Waals surface area (Å²) in [6.45, 7) is 5.50. The van der Waals surface area contributed by atoms with E-state index in [1.807, 2.05) is 6.07 Å². The first-order valence-electron chi connectivity index (χ1n) is 5.97. The Bertz CT molecular complexity index is 421. The Kier molecular flexibility index (Phi) is 3.57. The number of nitrogens with two attached hydrogens (primary N) is 1. The molecule has 17 heavy (non-hydrogen) atoms. The van der Waals surface area contributed by atoms with Crippen molar-refractivity contribution in [1.82, 2.24) is 10.2 Å². The van der Waals surface area contributed by atoms with E-state index in [-0.39, 0.29) is 0 Å². The average molecular weight is 250 g/mol. The Balaban J connectivity index is 2.30. The normalized spacial score (nSPS) is 24.7. The van der Waals surface area contributed by atoms with Crippen LogP contribution in [0.2, 0.25) is 0 Å². The summed E-state index contributed by atoms with van der Waals surface area (Å²) in [5.41, 5.74) is 6.56. The maximum atomic E-state index is 5.73. The number of thiocarbonyl (C=S) groups is 1. The maximum absolute atomic E-state index is 5.73. The van der Waals surface area contributed by atoms with Gasteiger partial charge in [0.2, 0.25) is 0 Å². The third kappa shape index (κ3) is 2.54. The molecule has 0 bridgehead atoms. The van der Waals surface area contributed by atoms with Gasteiger partial charge in [-0.15, -0.1) is 5.10 Å². The second-order valence-corrected chi connectivity index (χ2v) is 5.24. The van der Waals surface area contributed by atoms with Crippen molar-refractivity contribution in [3.8, 4) is 0 Å². The van der Waals surface area contributed by atoms with Crippen LogP contribution in [0.15, 0.2) is 12.3 Å². The van der Waals surface area contributed by atoms with E-state index in [1.54, 1.807) is 6.20 Å². The Morgan fingerprint density at radius 1 is 1.53 bits per heavy atom. The van der Waals surface area contributed by atoms with E-state index >= 15 is 0 Å². The van der Waals surface area contributed by atoms with Gasteiger partial charge in [-0.2, -0.15) is 5.10 Å². The summed E-state index contributed by atoms with van der Waals surface area (Å²) in [4.78, 5) is 2.65. The molecule has 1 fully saturated rings. The summed E-state index contributed by atoms with van der Waals surface area (Å²) >= 11 is 5.06. The highest BCUT2D eigenvalue weighted by atomic mass is 32.1. The molecule has 1 aromatic heterocycles. The van der Waals surface area contributed by atoms with Gasteiger partial charge in [0.15, 0.2) is 5.82 Å². The second kappa shape index (κ2) is 4.96. The van der Waals surface area contributed by atoms with Crippen LogP contribution in [0.4, 0.5) is 5.82 Å². The second-order valence-electron chi connectivity index (χ2n) is 4.80. The van der Waals surface area contributed by atoms with Gasteiger partial charge < -0.3 is 10.6 Å². The molecule has 1 aromatic rings. The first kappa shape index (κ1) is 12.2. The monoisotopic (exact) mass is 250 g/mol. The fourth-order valence-corrected chi connectivity index (χ4v) is 2.61. The van der Waals surface area contributed by atoms with Crippen LogP contribution in [0.5, 0.6) is 0 Å². The number of nitrogens with zero attached hydrogens (tertiary/aromatic N) is 3. The molecule has 1 saturated heterocycles. The minimum atomic E-state index is 0.390. The first-order valence-corrected chi connectivity index (χ1v) is 6.38. The van der Waals surface area contributed by atoms with Gasteiger partial charge in [0.25, 0.3) is 0 Å². The molecule has 0 spiro atoms. The van der Waals surface area contributed by atoms with Crippen molar-refractivity contribution >= 4 is 23.0 Å². The van der Waals surface area contributed by atoms with Crippen LogP contribution in [0.1, 0.15) is 32.3 Å². The van der Waals surface area contributed by atoms with Gasteiger partial charge in [-0.1, -0.05) is 19.1 Å². The SMILES string of the molecule is CC1CCN(c2nnccc2C(N)=S)C(C)C1. The van der Waals surface area contributed by atoms with Gasteiger partial charge in [0, 0.05) is 12.6 Å². The van der Waals surface area contributed by atoms with E-state index in [0.717, 1.165) is 23.8 Å². The number of rotatable bonds is 2. The van der Waals surface area contributed by atoms with E-state index < -0.39 is 0 Å². The molecule has 0 aromatic carbocycles. The van der Waals surface area contributed by atoms with E-state index in [0.29, 0.717) is 11.0 Å². The molecule has 4 nitrogen and oxygen atoms in total. The van der Waals surface area contributed by atoms with Crippen LogP contribution < -0.4 is 10.6 Å². The van der Waals surface area contributed by atoms with Crippen LogP contribution in [0.3, 0.4) is 0 Å². The third-order valence-electron chi connectivity index (χ3n) is 3.38. The Morgan fingerprint density at radius 3 is 2.94 bits per heavy atom. The van der Waals surface area contributed by atoms with Gasteiger partial charge in [-0.25, -0.2) is 0 Å². The Labute approximate surface area is 107 Å². The summed E-state index contributed by atoms with van der Waals surface area (Å²) < 4.78 is 0. The molecular weight excluding hydrogens is 232 g/mol. The molecule has 2 atom stereocenters. The molecule has 0 aliphatic carbocycles. The standard InChI is InChI=1S/C12H18N4S/c1-8-4-6-16(9(2)7-8)12-10(11(13)17)3-5-14-15-12/h3,5,8-9H,4,6-7H2,1-2H3,(H2,13,17). The molecule has 5 heteroatoms. The highest BCUT2D eigenvalue weighted by Gasteiger charge is 2.26. The predicted molar refractivity (Wildman–Crippen MR) is 73.1 cm³/mol. The summed E-state index contributed by atoms with van der Waals surface area (Å²) in [7, 11) is 0. The summed E-state index contributed by atoms with van der Waals surface area (Å²) in [5, 5.41) is 8.16. The Morgan fingerprint density at radius 2 is 2.29 bits per heavy atom. The van der Waals surface area contributed by atoms with Crippen LogP contribution >= 0.6 is 12.2 Å². The first-order chi connectivity index (χ1) is 8.09. The van der Waals surface area contributed by atoms with Crippen molar-refractivity contribution in [2.45, 2.75) is 32.7 Å². The molecular formula is C12H18N4S. The lowest BCUT2D eigenvalue weighted by Gasteiger charge is -2.37. The van der Waals surface area contributed by atoms with Crippen LogP contribution in [-0.4, -0.2) is 27.8 Å². The van der Waals surface area contributed by atoms with Crippen molar-refractivity contribution < 1.29 is 0 Å². The lowest BCUT2D eigenvalue weighted by molar-refractivity contribution is 0.375. The van der Waals surface area contributed by atoms with Gasteiger partial charge in [0.1, 0.15) is 4.99 Å². The predicted octanol–water partition coefficient (Wildman–Crippen LogP) is 1.74. The molecule has 2 rings (SSSR count). The van der Waals surface area contributed by atoms with Gasteiger partial charge in [-0.05, 0) is 31.7 Å². The zero-order valence-corrected chi connectivity index (χ0v) is 11.1. The zero-order chi connectivity index (χ0) is 12.4. The topological polar surface area (TPSA) is 55.0 Å². The fourth-order valence-electron chi connectivity index (χ4n) is 2.45. The zero-order valence-electron chi connectivity index (χ0n) is 10.3. The summed E-state index contributed by atoms with van der Waals surface area (Å²) in [6, 6.07) is 2.30. The largest absolute Gasteiger partial charge is 0.389 e. The molecule has 0 amide bonds. The fraction of sp³-hybridized carbons (Fsp3) is 0.583. The molecule has 1 aliphatic heterocycles. The summed E-state index contributed by atoms with van der Waals surface area (Å²) in [6.07, 6.45) is 3.99. The number of anilines is 1. The van der Waals surface area contributed by atoms with E-state index in [2.05, 4.69) is 28.9 Å².